The van der Waals surface area contributed by atoms with Crippen molar-refractivity contribution in [2.45, 2.75) is 33.2 Å². The molecule has 11 heavy (non-hydrogen) atoms. The van der Waals surface area contributed by atoms with E-state index in [1.54, 1.807) is 0 Å². The molecule has 0 aromatic heterocycles. The van der Waals surface area contributed by atoms with Crippen LogP contribution in [0.25, 0.3) is 0 Å². The Labute approximate surface area is 69.8 Å². The van der Waals surface area contributed by atoms with Crippen molar-refractivity contribution in [3.63, 3.8) is 0 Å². The third-order valence-electron chi connectivity index (χ3n) is 1.16. The van der Waals surface area contributed by atoms with Gasteiger partial charge in [0.2, 0.25) is 0 Å². The SMILES string of the molecule is CCC#CNCCNC(C)C. The van der Waals surface area contributed by atoms with Crippen LogP contribution in [0.2, 0.25) is 0 Å². The summed E-state index contributed by atoms with van der Waals surface area (Å²) in [7, 11) is 0. The van der Waals surface area contributed by atoms with Gasteiger partial charge in [0.25, 0.3) is 0 Å². The fourth-order valence-electron chi connectivity index (χ4n) is 0.637. The van der Waals surface area contributed by atoms with Crippen LogP contribution in [-0.4, -0.2) is 19.1 Å². The van der Waals surface area contributed by atoms with Gasteiger partial charge < -0.3 is 10.6 Å². The van der Waals surface area contributed by atoms with Gasteiger partial charge in [-0.05, 0) is 0 Å². The Morgan fingerprint density at radius 3 is 2.55 bits per heavy atom. The first-order chi connectivity index (χ1) is 5.27. The first-order valence-corrected chi connectivity index (χ1v) is 4.21. The Balaban J connectivity index is 3.02. The third-order valence-corrected chi connectivity index (χ3v) is 1.16. The number of nitrogens with one attached hydrogen (secondary N) is 2. The molecule has 64 valence electrons. The molecular formula is C9H18N2. The summed E-state index contributed by atoms with van der Waals surface area (Å²) in [6, 6.07) is 3.43. The zero-order valence-electron chi connectivity index (χ0n) is 7.70. The lowest BCUT2D eigenvalue weighted by Gasteiger charge is -2.05. The highest BCUT2D eigenvalue weighted by Gasteiger charge is 1.88. The van der Waals surface area contributed by atoms with Crippen molar-refractivity contribution in [1.82, 2.24) is 10.6 Å². The van der Waals surface area contributed by atoms with Crippen molar-refractivity contribution in [3.05, 3.63) is 0 Å². The molecular weight excluding hydrogens is 136 g/mol. The summed E-state index contributed by atoms with van der Waals surface area (Å²) in [5.41, 5.74) is 0. The summed E-state index contributed by atoms with van der Waals surface area (Å²) in [6.07, 6.45) is 0.921. The van der Waals surface area contributed by atoms with Gasteiger partial charge in [0, 0.05) is 31.6 Å². The molecule has 2 heteroatoms. The highest BCUT2D eigenvalue weighted by Crippen LogP contribution is 1.72. The van der Waals surface area contributed by atoms with E-state index < -0.39 is 0 Å². The summed E-state index contributed by atoms with van der Waals surface area (Å²) >= 11 is 0. The van der Waals surface area contributed by atoms with E-state index in [0.29, 0.717) is 6.04 Å². The monoisotopic (exact) mass is 154 g/mol. The molecule has 0 aliphatic carbocycles. The molecule has 0 aromatic rings. The molecule has 0 bridgehead atoms. The van der Waals surface area contributed by atoms with E-state index >= 15 is 0 Å². The second-order valence-corrected chi connectivity index (χ2v) is 2.69. The fourth-order valence-corrected chi connectivity index (χ4v) is 0.637. The zero-order valence-corrected chi connectivity index (χ0v) is 7.70. The maximum atomic E-state index is 3.29. The van der Waals surface area contributed by atoms with Gasteiger partial charge in [0.15, 0.2) is 0 Å². The zero-order chi connectivity index (χ0) is 8.53. The number of rotatable bonds is 4. The average molecular weight is 154 g/mol. The van der Waals surface area contributed by atoms with Gasteiger partial charge in [-0.15, -0.1) is 0 Å². The van der Waals surface area contributed by atoms with E-state index in [0.717, 1.165) is 19.5 Å². The molecule has 2 N–H and O–H groups in total. The topological polar surface area (TPSA) is 24.1 Å². The molecule has 0 amide bonds. The molecule has 0 unspecified atom stereocenters. The molecule has 0 aliphatic heterocycles. The summed E-state index contributed by atoms with van der Waals surface area (Å²) in [5, 5.41) is 6.31. The van der Waals surface area contributed by atoms with E-state index in [4.69, 9.17) is 0 Å². The van der Waals surface area contributed by atoms with Gasteiger partial charge in [-0.1, -0.05) is 26.7 Å². The second kappa shape index (κ2) is 7.43. The molecule has 0 heterocycles. The van der Waals surface area contributed by atoms with Crippen LogP contribution in [0.1, 0.15) is 27.2 Å². The van der Waals surface area contributed by atoms with E-state index in [9.17, 15) is 0 Å². The van der Waals surface area contributed by atoms with Crippen LogP contribution in [0.4, 0.5) is 0 Å². The van der Waals surface area contributed by atoms with Crippen LogP contribution in [-0.2, 0) is 0 Å². The van der Waals surface area contributed by atoms with Gasteiger partial charge in [0.05, 0.1) is 0 Å². The van der Waals surface area contributed by atoms with Crippen LogP contribution in [0.15, 0.2) is 0 Å². The number of hydrogen-bond acceptors (Lipinski definition) is 2. The van der Waals surface area contributed by atoms with Crippen molar-refractivity contribution in [2.24, 2.45) is 0 Å². The lowest BCUT2D eigenvalue weighted by molar-refractivity contribution is 0.583. The molecule has 0 aromatic carbocycles. The fraction of sp³-hybridized carbons (Fsp3) is 0.778. The maximum Gasteiger partial charge on any atom is 0.0354 e. The molecule has 0 spiro atoms. The Bertz CT molecular complexity index is 130. The van der Waals surface area contributed by atoms with Crippen molar-refractivity contribution in [2.75, 3.05) is 13.1 Å². The Morgan fingerprint density at radius 1 is 1.27 bits per heavy atom. The highest BCUT2D eigenvalue weighted by molar-refractivity contribution is 4.95. The van der Waals surface area contributed by atoms with Crippen LogP contribution in [0, 0.1) is 12.0 Å². The van der Waals surface area contributed by atoms with Crippen molar-refractivity contribution in [3.8, 4) is 12.0 Å². The second-order valence-electron chi connectivity index (χ2n) is 2.69. The smallest absolute Gasteiger partial charge is 0.0354 e. The van der Waals surface area contributed by atoms with Crippen LogP contribution in [0.5, 0.6) is 0 Å². The Hall–Kier alpha value is -0.680. The minimum absolute atomic E-state index is 0.566. The van der Waals surface area contributed by atoms with Crippen LogP contribution >= 0.6 is 0 Å². The highest BCUT2D eigenvalue weighted by atomic mass is 14.9. The average Bonchev–Trinajstić information content (AvgIpc) is 1.96. The first kappa shape index (κ1) is 10.3. The van der Waals surface area contributed by atoms with E-state index in [2.05, 4.69) is 36.4 Å². The standard InChI is InChI=1S/C9H18N2/c1-4-5-6-10-7-8-11-9(2)3/h9-11H,4,7-8H2,1-3H3. The molecule has 0 fully saturated rings. The summed E-state index contributed by atoms with van der Waals surface area (Å²) in [5.74, 6) is 2.95. The van der Waals surface area contributed by atoms with Gasteiger partial charge in [-0.2, -0.15) is 0 Å². The molecule has 0 saturated heterocycles. The summed E-state index contributed by atoms with van der Waals surface area (Å²) < 4.78 is 0. The molecule has 0 aliphatic rings. The normalized spacial score (nSPS) is 9.09. The molecule has 0 atom stereocenters. The molecule has 0 rings (SSSR count). The van der Waals surface area contributed by atoms with Crippen molar-refractivity contribution >= 4 is 0 Å². The predicted octanol–water partition coefficient (Wildman–Crippen LogP) is 0.945. The van der Waals surface area contributed by atoms with Gasteiger partial charge in [-0.3, -0.25) is 0 Å². The first-order valence-electron chi connectivity index (χ1n) is 4.21. The lowest BCUT2D eigenvalue weighted by atomic mass is 10.4. The maximum absolute atomic E-state index is 3.29. The van der Waals surface area contributed by atoms with E-state index in [1.165, 1.54) is 0 Å². The third kappa shape index (κ3) is 9.32. The molecule has 2 nitrogen and oxygen atoms in total. The minimum Gasteiger partial charge on any atom is -0.345 e. The van der Waals surface area contributed by atoms with E-state index in [-0.39, 0.29) is 0 Å². The van der Waals surface area contributed by atoms with Crippen LogP contribution in [0.3, 0.4) is 0 Å². The largest absolute Gasteiger partial charge is 0.345 e. The predicted molar refractivity (Wildman–Crippen MR) is 49.2 cm³/mol. The van der Waals surface area contributed by atoms with Gasteiger partial charge >= 0.3 is 0 Å². The summed E-state index contributed by atoms with van der Waals surface area (Å²) in [6.45, 7) is 8.22. The van der Waals surface area contributed by atoms with Crippen molar-refractivity contribution in [1.29, 1.82) is 0 Å². The lowest BCUT2D eigenvalue weighted by Crippen LogP contribution is -2.29. The van der Waals surface area contributed by atoms with Crippen LogP contribution < -0.4 is 10.6 Å². The number of hydrogen-bond donors (Lipinski definition) is 2. The van der Waals surface area contributed by atoms with E-state index in [1.807, 2.05) is 6.92 Å². The Morgan fingerprint density at radius 2 is 2.00 bits per heavy atom. The summed E-state index contributed by atoms with van der Waals surface area (Å²) in [4.78, 5) is 0. The van der Waals surface area contributed by atoms with Gasteiger partial charge in [-0.25, -0.2) is 0 Å². The quantitative estimate of drug-likeness (QED) is 0.358. The van der Waals surface area contributed by atoms with Crippen molar-refractivity contribution < 1.29 is 0 Å². The molecule has 0 radical (unpaired) electrons. The molecule has 0 saturated carbocycles. The van der Waals surface area contributed by atoms with Gasteiger partial charge in [0.1, 0.15) is 0 Å². The minimum atomic E-state index is 0.566. The Kier molecular flexibility index (Phi) is 6.97.